The molecule has 0 aliphatic carbocycles. The first-order chi connectivity index (χ1) is 15.7. The topological polar surface area (TPSA) is 48.1 Å². The smallest absolute Gasteiger partial charge is 0.166 e. The number of thioether (sulfide) groups is 1. The molecule has 0 fully saturated rings. The number of hydrogen-bond acceptors (Lipinski definition) is 5. The van der Waals surface area contributed by atoms with Crippen molar-refractivity contribution in [3.05, 3.63) is 83.7 Å². The number of imidazole rings is 1. The summed E-state index contributed by atoms with van der Waals surface area (Å²) in [5.41, 5.74) is 6.90. The molecule has 7 heteroatoms. The van der Waals surface area contributed by atoms with Crippen molar-refractivity contribution >= 4 is 40.1 Å². The zero-order valence-corrected chi connectivity index (χ0v) is 19.6. The zero-order chi connectivity index (χ0) is 21.9. The lowest BCUT2D eigenvalue weighted by Gasteiger charge is -2.33. The van der Waals surface area contributed by atoms with Crippen molar-refractivity contribution in [1.29, 1.82) is 0 Å². The maximum absolute atomic E-state index is 6.84. The molecule has 1 unspecified atom stereocenters. The molecule has 3 heterocycles. The van der Waals surface area contributed by atoms with Gasteiger partial charge in [-0.05, 0) is 41.8 Å². The molecule has 1 N–H and O–H groups in total. The average molecular weight is 464 g/mol. The number of anilines is 1. The summed E-state index contributed by atoms with van der Waals surface area (Å²) in [7, 11) is 2.06. The second-order valence-corrected chi connectivity index (χ2v) is 9.62. The normalized spacial score (nSPS) is 14.9. The van der Waals surface area contributed by atoms with Gasteiger partial charge in [-0.2, -0.15) is 0 Å². The van der Waals surface area contributed by atoms with Crippen LogP contribution in [0.4, 0.5) is 5.69 Å². The molecular weight excluding hydrogens is 438 g/mol. The van der Waals surface area contributed by atoms with E-state index in [1.54, 1.807) is 11.8 Å². The van der Waals surface area contributed by atoms with Crippen LogP contribution in [0.1, 0.15) is 16.8 Å². The Labute approximate surface area is 197 Å². The number of aromatic amines is 1. The number of aromatic nitrogens is 3. The minimum Gasteiger partial charge on any atom is -0.357 e. The van der Waals surface area contributed by atoms with Crippen LogP contribution in [0, 0.1) is 0 Å². The lowest BCUT2D eigenvalue weighted by molar-refractivity contribution is 0.253. The van der Waals surface area contributed by atoms with Crippen LogP contribution in [0.25, 0.3) is 11.0 Å². The maximum atomic E-state index is 6.84. The molecule has 0 bridgehead atoms. The number of pyridine rings is 1. The summed E-state index contributed by atoms with van der Waals surface area (Å²) in [6.45, 7) is 2.82. The van der Waals surface area contributed by atoms with E-state index in [2.05, 4.69) is 62.1 Å². The van der Waals surface area contributed by atoms with E-state index >= 15 is 0 Å². The third-order valence-corrected chi connectivity index (χ3v) is 7.31. The third kappa shape index (κ3) is 4.77. The van der Waals surface area contributed by atoms with Gasteiger partial charge in [0.1, 0.15) is 5.50 Å². The van der Waals surface area contributed by atoms with Gasteiger partial charge in [-0.25, -0.2) is 4.98 Å². The SMILES string of the molecule is CN(c1ccnc(CSc2nc3ccccc3[nH]2)c1)C(Cl)CN1CCc2ccccc2C1. The lowest BCUT2D eigenvalue weighted by Crippen LogP contribution is -2.41. The summed E-state index contributed by atoms with van der Waals surface area (Å²) in [6.07, 6.45) is 2.95. The van der Waals surface area contributed by atoms with E-state index in [4.69, 9.17) is 11.6 Å². The molecule has 0 amide bonds. The fourth-order valence-corrected chi connectivity index (χ4v) is 5.21. The molecule has 1 aliphatic heterocycles. The summed E-state index contributed by atoms with van der Waals surface area (Å²) < 4.78 is 0. The van der Waals surface area contributed by atoms with Crippen molar-refractivity contribution in [2.45, 2.75) is 29.4 Å². The number of H-pyrrole nitrogens is 1. The monoisotopic (exact) mass is 463 g/mol. The minimum absolute atomic E-state index is 0.112. The van der Waals surface area contributed by atoms with E-state index in [1.807, 2.05) is 36.5 Å². The first kappa shape index (κ1) is 21.3. The molecule has 0 spiro atoms. The first-order valence-corrected chi connectivity index (χ1v) is 12.3. The summed E-state index contributed by atoms with van der Waals surface area (Å²) in [5.74, 6) is 0.747. The predicted octanol–water partition coefficient (Wildman–Crippen LogP) is 5.31. The Morgan fingerprint density at radius 2 is 1.94 bits per heavy atom. The van der Waals surface area contributed by atoms with Crippen molar-refractivity contribution in [3.63, 3.8) is 0 Å². The molecular formula is C25H26ClN5S. The van der Waals surface area contributed by atoms with Crippen LogP contribution in [-0.2, 0) is 18.7 Å². The van der Waals surface area contributed by atoms with Crippen molar-refractivity contribution < 1.29 is 0 Å². The summed E-state index contributed by atoms with van der Waals surface area (Å²) >= 11 is 8.50. The molecule has 0 saturated carbocycles. The molecule has 5 nitrogen and oxygen atoms in total. The number of rotatable bonds is 7. The Morgan fingerprint density at radius 1 is 1.12 bits per heavy atom. The lowest BCUT2D eigenvalue weighted by atomic mass is 10.00. The molecule has 0 radical (unpaired) electrons. The van der Waals surface area contributed by atoms with E-state index in [0.717, 1.165) is 59.4 Å². The van der Waals surface area contributed by atoms with E-state index in [-0.39, 0.29) is 5.50 Å². The number of benzene rings is 2. The number of fused-ring (bicyclic) bond motifs is 2. The number of likely N-dealkylation sites (N-methyl/N-ethyl adjacent to an activating group) is 1. The fourth-order valence-electron chi connectivity index (χ4n) is 4.11. The molecule has 2 aromatic carbocycles. The number of para-hydroxylation sites is 2. The molecule has 4 aromatic rings. The van der Waals surface area contributed by atoms with Gasteiger partial charge in [0.2, 0.25) is 0 Å². The van der Waals surface area contributed by atoms with Gasteiger partial charge in [-0.3, -0.25) is 9.88 Å². The van der Waals surface area contributed by atoms with Crippen LogP contribution in [-0.4, -0.2) is 45.5 Å². The molecule has 32 heavy (non-hydrogen) atoms. The van der Waals surface area contributed by atoms with Crippen molar-refractivity contribution in [2.75, 3.05) is 25.0 Å². The van der Waals surface area contributed by atoms with E-state index < -0.39 is 0 Å². The zero-order valence-electron chi connectivity index (χ0n) is 18.0. The van der Waals surface area contributed by atoms with Crippen LogP contribution in [0.2, 0.25) is 0 Å². The Hall–Kier alpha value is -2.54. The highest BCUT2D eigenvalue weighted by atomic mass is 35.5. The van der Waals surface area contributed by atoms with Crippen molar-refractivity contribution in [3.8, 4) is 0 Å². The van der Waals surface area contributed by atoms with Crippen molar-refractivity contribution in [1.82, 2.24) is 19.9 Å². The third-order valence-electron chi connectivity index (χ3n) is 5.97. The van der Waals surface area contributed by atoms with Gasteiger partial charge in [0.05, 0.1) is 16.7 Å². The van der Waals surface area contributed by atoms with Crippen LogP contribution >= 0.6 is 23.4 Å². The summed E-state index contributed by atoms with van der Waals surface area (Å²) in [5, 5.41) is 0.910. The molecule has 0 saturated heterocycles. The molecule has 5 rings (SSSR count). The second kappa shape index (κ2) is 9.53. The van der Waals surface area contributed by atoms with Crippen LogP contribution in [0.5, 0.6) is 0 Å². The molecule has 1 atom stereocenters. The number of nitrogens with one attached hydrogen (secondary N) is 1. The Bertz CT molecular complexity index is 1180. The highest BCUT2D eigenvalue weighted by Crippen LogP contribution is 2.26. The van der Waals surface area contributed by atoms with Crippen LogP contribution < -0.4 is 4.90 Å². The Balaban J connectivity index is 1.20. The largest absolute Gasteiger partial charge is 0.357 e. The van der Waals surface area contributed by atoms with Gasteiger partial charge >= 0.3 is 0 Å². The number of hydrogen-bond donors (Lipinski definition) is 1. The molecule has 1 aliphatic rings. The highest BCUT2D eigenvalue weighted by molar-refractivity contribution is 7.98. The molecule has 164 valence electrons. The van der Waals surface area contributed by atoms with Gasteiger partial charge in [0.15, 0.2) is 5.16 Å². The van der Waals surface area contributed by atoms with Crippen LogP contribution in [0.15, 0.2) is 72.0 Å². The van der Waals surface area contributed by atoms with E-state index in [1.165, 1.54) is 11.1 Å². The summed E-state index contributed by atoms with van der Waals surface area (Å²) in [4.78, 5) is 17.1. The summed E-state index contributed by atoms with van der Waals surface area (Å²) in [6, 6.07) is 20.9. The standard InChI is InChI=1S/C25H26ClN5S/c1-30(24(26)16-31-13-11-18-6-2-3-7-19(18)15-31)21-10-12-27-20(14-21)17-32-25-28-22-8-4-5-9-23(22)29-25/h2-10,12,14,24H,11,13,15-17H2,1H3,(H,28,29). The van der Waals surface area contributed by atoms with Gasteiger partial charge in [0.25, 0.3) is 0 Å². The number of alkyl halides is 1. The minimum atomic E-state index is -0.112. The first-order valence-electron chi connectivity index (χ1n) is 10.8. The Kier molecular flexibility index (Phi) is 6.35. The van der Waals surface area contributed by atoms with Gasteiger partial charge in [-0.15, -0.1) is 0 Å². The van der Waals surface area contributed by atoms with Gasteiger partial charge in [0, 0.05) is 44.3 Å². The van der Waals surface area contributed by atoms with E-state index in [9.17, 15) is 0 Å². The van der Waals surface area contributed by atoms with E-state index in [0.29, 0.717) is 0 Å². The number of halogens is 1. The second-order valence-electron chi connectivity index (χ2n) is 8.15. The predicted molar refractivity (Wildman–Crippen MR) is 133 cm³/mol. The van der Waals surface area contributed by atoms with Gasteiger partial charge < -0.3 is 9.88 Å². The fraction of sp³-hybridized carbons (Fsp3) is 0.280. The molecule has 2 aromatic heterocycles. The maximum Gasteiger partial charge on any atom is 0.166 e. The van der Waals surface area contributed by atoms with Crippen LogP contribution in [0.3, 0.4) is 0 Å². The average Bonchev–Trinajstić information content (AvgIpc) is 3.25. The Morgan fingerprint density at radius 3 is 2.81 bits per heavy atom. The number of nitrogens with zero attached hydrogens (tertiary/aromatic N) is 4. The van der Waals surface area contributed by atoms with Crippen molar-refractivity contribution in [2.24, 2.45) is 0 Å². The quantitative estimate of drug-likeness (QED) is 0.228. The van der Waals surface area contributed by atoms with Gasteiger partial charge in [-0.1, -0.05) is 59.8 Å². The highest BCUT2D eigenvalue weighted by Gasteiger charge is 2.21.